The van der Waals surface area contributed by atoms with Crippen LogP contribution in [0.4, 0.5) is 0 Å². The van der Waals surface area contributed by atoms with Crippen LogP contribution in [0.15, 0.2) is 113 Å². The zero-order valence-corrected chi connectivity index (χ0v) is 22.7. The van der Waals surface area contributed by atoms with Crippen LogP contribution in [-0.2, 0) is 17.4 Å². The third kappa shape index (κ3) is 9.33. The first kappa shape index (κ1) is 29.5. The summed E-state index contributed by atoms with van der Waals surface area (Å²) in [6, 6.07) is 30.4. The van der Waals surface area contributed by atoms with Crippen LogP contribution >= 0.6 is 0 Å². The van der Waals surface area contributed by atoms with E-state index in [9.17, 15) is 15.3 Å². The van der Waals surface area contributed by atoms with Crippen LogP contribution in [0.2, 0.25) is 0 Å². The number of hydrogen-bond donors (Lipinski definition) is 2. The Labute approximate surface area is 240 Å². The molecule has 5 rings (SSSR count). The van der Waals surface area contributed by atoms with Gasteiger partial charge in [-0.3, -0.25) is 9.98 Å². The average molecular weight is 560 g/mol. The summed E-state index contributed by atoms with van der Waals surface area (Å²) in [6.07, 6.45) is 7.76. The molecule has 4 aromatic rings. The van der Waals surface area contributed by atoms with Crippen LogP contribution in [-0.4, -0.2) is 34.7 Å². The van der Waals surface area contributed by atoms with Crippen LogP contribution in [0, 0.1) is 0 Å². The summed E-state index contributed by atoms with van der Waals surface area (Å²) >= 11 is 0. The number of phenolic OH excluding ortho intramolecular Hbond substituents is 2. The maximum absolute atomic E-state index is 10.8. The van der Waals surface area contributed by atoms with Crippen molar-refractivity contribution in [3.05, 3.63) is 114 Å². The van der Waals surface area contributed by atoms with Crippen molar-refractivity contribution in [2.24, 2.45) is 9.98 Å². The number of aliphatic imine (C=N–C) groups is 2. The van der Waals surface area contributed by atoms with Crippen LogP contribution < -0.4 is 9.84 Å². The summed E-state index contributed by atoms with van der Waals surface area (Å²) in [4.78, 5) is 9.34. The van der Waals surface area contributed by atoms with E-state index < -0.39 is 0 Å². The van der Waals surface area contributed by atoms with Gasteiger partial charge in [0, 0.05) is 40.9 Å². The van der Waals surface area contributed by atoms with Gasteiger partial charge in [0.15, 0.2) is 0 Å². The second-order valence-electron chi connectivity index (χ2n) is 8.98. The number of hydrogen-bond acceptors (Lipinski definition) is 6. The molecule has 7 heteroatoms. The summed E-state index contributed by atoms with van der Waals surface area (Å²) in [5.74, 6) is 1.92. The molecule has 0 bridgehead atoms. The molecule has 4 aromatic carbocycles. The first-order valence-corrected chi connectivity index (χ1v) is 12.7. The molecular formula is C32H31CrN2O4-. The van der Waals surface area contributed by atoms with Gasteiger partial charge in [0.05, 0.1) is 12.1 Å². The standard InChI is InChI=1S/C20H22N2O2.C12H10O2.Cr/c23-19-11-5-1-7-15(19)13-21-17-9-3-4-10-18(17)22-14-16-8-2-6-12-20(16)24;13-10-6-8-12(9-7-10)14-11-4-2-1-3-5-11;/h1-2,5-8,11-14,17-18,23-24H,3-4,9-10H2;1-9,13H;/p-1. The minimum absolute atomic E-state index is 0. The third-order valence-electron chi connectivity index (χ3n) is 6.18. The van der Waals surface area contributed by atoms with Gasteiger partial charge in [-0.2, -0.15) is 0 Å². The molecule has 0 radical (unpaired) electrons. The summed E-state index contributed by atoms with van der Waals surface area (Å²) in [6.45, 7) is 0. The van der Waals surface area contributed by atoms with Gasteiger partial charge in [0.2, 0.25) is 0 Å². The number of nitrogens with zero attached hydrogens (tertiary/aromatic N) is 2. The number of ether oxygens (including phenoxy) is 1. The van der Waals surface area contributed by atoms with E-state index in [2.05, 4.69) is 9.98 Å². The fourth-order valence-corrected chi connectivity index (χ4v) is 4.12. The quantitative estimate of drug-likeness (QED) is 0.264. The molecule has 39 heavy (non-hydrogen) atoms. The van der Waals surface area contributed by atoms with Crippen molar-refractivity contribution in [1.82, 2.24) is 0 Å². The molecule has 0 spiro atoms. The number of aromatic hydroxyl groups is 2. The first-order chi connectivity index (χ1) is 18.6. The van der Waals surface area contributed by atoms with E-state index in [1.807, 2.05) is 54.6 Å². The van der Waals surface area contributed by atoms with Gasteiger partial charge >= 0.3 is 0 Å². The molecule has 200 valence electrons. The van der Waals surface area contributed by atoms with Crippen molar-refractivity contribution in [2.45, 2.75) is 37.8 Å². The van der Waals surface area contributed by atoms with E-state index >= 15 is 0 Å². The van der Waals surface area contributed by atoms with Gasteiger partial charge < -0.3 is 20.1 Å². The van der Waals surface area contributed by atoms with E-state index in [1.54, 1.807) is 48.8 Å². The van der Waals surface area contributed by atoms with Crippen LogP contribution in [0.1, 0.15) is 36.8 Å². The molecule has 0 aliphatic heterocycles. The Balaban J connectivity index is 0.000000239. The largest absolute Gasteiger partial charge is 0.872 e. The molecule has 0 amide bonds. The SMILES string of the molecule is Oc1ccccc1C=NC1CCCCC1N=Cc1ccccc1O.[Cr].[O-]c1ccc(Oc2ccccc2)cc1. The van der Waals surface area contributed by atoms with E-state index in [0.717, 1.165) is 42.6 Å². The maximum Gasteiger partial charge on any atom is 0.127 e. The minimum Gasteiger partial charge on any atom is -0.872 e. The van der Waals surface area contributed by atoms with Gasteiger partial charge in [-0.1, -0.05) is 67.4 Å². The van der Waals surface area contributed by atoms with Gasteiger partial charge in [-0.25, -0.2) is 0 Å². The Kier molecular flexibility index (Phi) is 11.6. The van der Waals surface area contributed by atoms with Crippen LogP contribution in [0.3, 0.4) is 0 Å². The van der Waals surface area contributed by atoms with E-state index in [1.165, 1.54) is 12.1 Å². The van der Waals surface area contributed by atoms with E-state index in [4.69, 9.17) is 4.74 Å². The molecule has 2 atom stereocenters. The predicted octanol–water partition coefficient (Wildman–Crippen LogP) is 6.50. The van der Waals surface area contributed by atoms with E-state index in [-0.39, 0.29) is 46.7 Å². The molecule has 2 N–H and O–H groups in total. The summed E-state index contributed by atoms with van der Waals surface area (Å²) in [7, 11) is 0. The van der Waals surface area contributed by atoms with Crippen molar-refractivity contribution in [3.8, 4) is 28.7 Å². The second-order valence-corrected chi connectivity index (χ2v) is 8.98. The average Bonchev–Trinajstić information content (AvgIpc) is 2.95. The monoisotopic (exact) mass is 559 g/mol. The maximum atomic E-state index is 10.8. The zero-order chi connectivity index (χ0) is 26.6. The van der Waals surface area contributed by atoms with Crippen molar-refractivity contribution < 1.29 is 37.4 Å². The Hall–Kier alpha value is -4.05. The number of phenols is 2. The van der Waals surface area contributed by atoms with E-state index in [0.29, 0.717) is 5.75 Å². The molecule has 1 aliphatic rings. The topological polar surface area (TPSA) is 97.5 Å². The second kappa shape index (κ2) is 15.4. The molecule has 1 saturated carbocycles. The third-order valence-corrected chi connectivity index (χ3v) is 6.18. The zero-order valence-electron chi connectivity index (χ0n) is 21.5. The molecule has 0 aromatic heterocycles. The van der Waals surface area contributed by atoms with Crippen molar-refractivity contribution in [3.63, 3.8) is 0 Å². The smallest absolute Gasteiger partial charge is 0.127 e. The summed E-state index contributed by atoms with van der Waals surface area (Å²) in [5, 5.41) is 30.5. The minimum atomic E-state index is -0.00888. The normalized spacial score (nSPS) is 16.7. The fourth-order valence-electron chi connectivity index (χ4n) is 4.12. The van der Waals surface area contributed by atoms with Gasteiger partial charge in [-0.05, 0) is 61.4 Å². The number of benzene rings is 4. The number of para-hydroxylation sites is 3. The molecule has 1 aliphatic carbocycles. The fraction of sp³-hybridized carbons (Fsp3) is 0.188. The predicted molar refractivity (Wildman–Crippen MR) is 150 cm³/mol. The molecule has 0 heterocycles. The Bertz CT molecular complexity index is 1280. The van der Waals surface area contributed by atoms with Crippen molar-refractivity contribution >= 4 is 12.4 Å². The molecule has 0 saturated heterocycles. The number of rotatable bonds is 6. The summed E-state index contributed by atoms with van der Waals surface area (Å²) < 4.78 is 5.49. The first-order valence-electron chi connectivity index (χ1n) is 12.7. The van der Waals surface area contributed by atoms with Gasteiger partial charge in [0.1, 0.15) is 23.0 Å². The Morgan fingerprint density at radius 3 is 1.54 bits per heavy atom. The summed E-state index contributed by atoms with van der Waals surface area (Å²) in [5.41, 5.74) is 1.46. The van der Waals surface area contributed by atoms with Gasteiger partial charge in [-0.15, -0.1) is 5.75 Å². The Morgan fingerprint density at radius 1 is 0.615 bits per heavy atom. The molecule has 1 fully saturated rings. The van der Waals surface area contributed by atoms with Crippen LogP contribution in [0.5, 0.6) is 28.7 Å². The molecular weight excluding hydrogens is 528 g/mol. The van der Waals surface area contributed by atoms with Crippen LogP contribution in [0.25, 0.3) is 0 Å². The Morgan fingerprint density at radius 2 is 1.05 bits per heavy atom. The van der Waals surface area contributed by atoms with Gasteiger partial charge in [0.25, 0.3) is 0 Å². The van der Waals surface area contributed by atoms with Crippen molar-refractivity contribution in [2.75, 3.05) is 0 Å². The molecule has 6 nitrogen and oxygen atoms in total. The van der Waals surface area contributed by atoms with Crippen molar-refractivity contribution in [1.29, 1.82) is 0 Å². The molecule has 2 unspecified atom stereocenters.